The maximum Gasteiger partial charge on any atom is 0.123 e. The average molecular weight is 243 g/mol. The second kappa shape index (κ2) is 5.13. The van der Waals surface area contributed by atoms with E-state index in [2.05, 4.69) is 4.90 Å². The number of nitrogens with zero attached hydrogens (tertiary/aromatic N) is 1. The maximum absolute atomic E-state index is 13.1. The molecule has 1 unspecified atom stereocenters. The number of hydrogen-bond donors (Lipinski definition) is 1. The summed E-state index contributed by atoms with van der Waals surface area (Å²) in [5, 5.41) is 0.626. The van der Waals surface area contributed by atoms with Crippen molar-refractivity contribution in [3.8, 4) is 0 Å². The van der Waals surface area contributed by atoms with Gasteiger partial charge in [-0.15, -0.1) is 0 Å². The Morgan fingerprint density at radius 2 is 2.31 bits per heavy atom. The molecule has 2 nitrogen and oxygen atoms in total. The fourth-order valence-corrected chi connectivity index (χ4v) is 2.32. The molecule has 1 aromatic rings. The molecule has 16 heavy (non-hydrogen) atoms. The number of rotatable bonds is 2. The molecule has 0 aromatic heterocycles. The Morgan fingerprint density at radius 3 is 3.06 bits per heavy atom. The van der Waals surface area contributed by atoms with Crippen LogP contribution in [0.1, 0.15) is 18.4 Å². The summed E-state index contributed by atoms with van der Waals surface area (Å²) in [5.74, 6) is -0.235. The van der Waals surface area contributed by atoms with Crippen LogP contribution in [0.2, 0.25) is 5.02 Å². The minimum atomic E-state index is -0.235. The predicted octanol–water partition coefficient (Wildman–Crippen LogP) is 2.40. The largest absolute Gasteiger partial charge is 0.327 e. The van der Waals surface area contributed by atoms with E-state index in [1.165, 1.54) is 12.1 Å². The van der Waals surface area contributed by atoms with Crippen molar-refractivity contribution in [3.05, 3.63) is 34.6 Å². The lowest BCUT2D eigenvalue weighted by molar-refractivity contribution is 0.201. The summed E-state index contributed by atoms with van der Waals surface area (Å²) in [6.07, 6.45) is 2.18. The highest BCUT2D eigenvalue weighted by molar-refractivity contribution is 6.31. The Bertz CT molecular complexity index is 370. The SMILES string of the molecule is NC1CCCN(Cc2cc(F)ccc2Cl)C1. The van der Waals surface area contributed by atoms with Gasteiger partial charge in [0.25, 0.3) is 0 Å². The molecule has 1 atom stereocenters. The highest BCUT2D eigenvalue weighted by Gasteiger charge is 2.17. The van der Waals surface area contributed by atoms with Gasteiger partial charge in [-0.1, -0.05) is 11.6 Å². The molecule has 1 aromatic carbocycles. The van der Waals surface area contributed by atoms with Gasteiger partial charge in [-0.3, -0.25) is 4.90 Å². The third-order valence-electron chi connectivity index (χ3n) is 2.94. The van der Waals surface area contributed by atoms with Crippen molar-refractivity contribution in [2.75, 3.05) is 13.1 Å². The highest BCUT2D eigenvalue weighted by atomic mass is 35.5. The third kappa shape index (κ3) is 2.94. The molecule has 1 saturated heterocycles. The topological polar surface area (TPSA) is 29.3 Å². The summed E-state index contributed by atoms with van der Waals surface area (Å²) in [6.45, 7) is 2.57. The molecule has 1 aliphatic rings. The molecule has 2 N–H and O–H groups in total. The lowest BCUT2D eigenvalue weighted by Gasteiger charge is -2.30. The summed E-state index contributed by atoms with van der Waals surface area (Å²) < 4.78 is 13.1. The zero-order valence-corrected chi connectivity index (χ0v) is 9.88. The zero-order valence-electron chi connectivity index (χ0n) is 9.13. The van der Waals surface area contributed by atoms with Crippen molar-refractivity contribution in [2.24, 2.45) is 5.73 Å². The summed E-state index contributed by atoms with van der Waals surface area (Å²) in [4.78, 5) is 2.23. The molecule has 2 rings (SSSR count). The Balaban J connectivity index is 2.05. The van der Waals surface area contributed by atoms with Crippen molar-refractivity contribution >= 4 is 11.6 Å². The molecule has 0 spiro atoms. The molecule has 1 aliphatic heterocycles. The Morgan fingerprint density at radius 1 is 1.50 bits per heavy atom. The number of benzene rings is 1. The van der Waals surface area contributed by atoms with Gasteiger partial charge in [0.2, 0.25) is 0 Å². The first-order valence-corrected chi connectivity index (χ1v) is 5.95. The van der Waals surface area contributed by atoms with E-state index in [0.717, 1.165) is 31.5 Å². The van der Waals surface area contributed by atoms with E-state index in [1.807, 2.05) is 0 Å². The molecular weight excluding hydrogens is 227 g/mol. The first-order chi connectivity index (χ1) is 7.65. The van der Waals surface area contributed by atoms with Crippen LogP contribution in [-0.2, 0) is 6.54 Å². The summed E-state index contributed by atoms with van der Waals surface area (Å²) in [6, 6.07) is 4.73. The van der Waals surface area contributed by atoms with Crippen LogP contribution in [0.5, 0.6) is 0 Å². The smallest absolute Gasteiger partial charge is 0.123 e. The number of likely N-dealkylation sites (tertiary alicyclic amines) is 1. The van der Waals surface area contributed by atoms with Gasteiger partial charge >= 0.3 is 0 Å². The molecule has 1 heterocycles. The molecule has 0 bridgehead atoms. The number of nitrogens with two attached hydrogens (primary N) is 1. The number of piperidine rings is 1. The fraction of sp³-hybridized carbons (Fsp3) is 0.500. The maximum atomic E-state index is 13.1. The van der Waals surface area contributed by atoms with E-state index < -0.39 is 0 Å². The van der Waals surface area contributed by atoms with Gasteiger partial charge in [-0.25, -0.2) is 4.39 Å². The van der Waals surface area contributed by atoms with Crippen LogP contribution >= 0.6 is 11.6 Å². The van der Waals surface area contributed by atoms with Gasteiger partial charge < -0.3 is 5.73 Å². The molecule has 0 aliphatic carbocycles. The molecular formula is C12H16ClFN2. The van der Waals surface area contributed by atoms with E-state index in [0.29, 0.717) is 11.6 Å². The van der Waals surface area contributed by atoms with E-state index in [9.17, 15) is 4.39 Å². The number of hydrogen-bond acceptors (Lipinski definition) is 2. The van der Waals surface area contributed by atoms with Crippen LogP contribution in [0.25, 0.3) is 0 Å². The molecule has 1 fully saturated rings. The predicted molar refractivity (Wildman–Crippen MR) is 63.9 cm³/mol. The van der Waals surface area contributed by atoms with E-state index in [-0.39, 0.29) is 11.9 Å². The zero-order chi connectivity index (χ0) is 11.5. The summed E-state index contributed by atoms with van der Waals surface area (Å²) in [7, 11) is 0. The van der Waals surface area contributed by atoms with Crippen molar-refractivity contribution < 1.29 is 4.39 Å². The van der Waals surface area contributed by atoms with Crippen LogP contribution in [0.4, 0.5) is 4.39 Å². The van der Waals surface area contributed by atoms with Crippen LogP contribution < -0.4 is 5.73 Å². The molecule has 88 valence electrons. The third-order valence-corrected chi connectivity index (χ3v) is 3.31. The van der Waals surface area contributed by atoms with Crippen molar-refractivity contribution in [1.29, 1.82) is 0 Å². The second-order valence-corrected chi connectivity index (χ2v) is 4.78. The van der Waals surface area contributed by atoms with Gasteiger partial charge in [0.1, 0.15) is 5.82 Å². The average Bonchev–Trinajstić information content (AvgIpc) is 2.24. The Labute approximate surface area is 100 Å². The van der Waals surface area contributed by atoms with Crippen LogP contribution in [0.15, 0.2) is 18.2 Å². The minimum Gasteiger partial charge on any atom is -0.327 e. The monoisotopic (exact) mass is 242 g/mol. The van der Waals surface area contributed by atoms with Gasteiger partial charge in [0.15, 0.2) is 0 Å². The summed E-state index contributed by atoms with van der Waals surface area (Å²) in [5.41, 5.74) is 6.74. The molecule has 0 radical (unpaired) electrons. The van der Waals surface area contributed by atoms with Crippen LogP contribution in [-0.4, -0.2) is 24.0 Å². The van der Waals surface area contributed by atoms with E-state index in [4.69, 9.17) is 17.3 Å². The Hall–Kier alpha value is -0.640. The molecule has 4 heteroatoms. The Kier molecular flexibility index (Phi) is 3.79. The van der Waals surface area contributed by atoms with Gasteiger partial charge in [-0.2, -0.15) is 0 Å². The van der Waals surface area contributed by atoms with E-state index in [1.54, 1.807) is 6.07 Å². The quantitative estimate of drug-likeness (QED) is 0.863. The first-order valence-electron chi connectivity index (χ1n) is 5.57. The van der Waals surface area contributed by atoms with Gasteiger partial charge in [0.05, 0.1) is 0 Å². The standard InChI is InChI=1S/C12H16ClFN2/c13-12-4-3-10(14)6-9(12)7-16-5-1-2-11(15)8-16/h3-4,6,11H,1-2,5,7-8,15H2. The van der Waals surface area contributed by atoms with Crippen molar-refractivity contribution in [3.63, 3.8) is 0 Å². The van der Waals surface area contributed by atoms with Crippen LogP contribution in [0.3, 0.4) is 0 Å². The molecule has 0 amide bonds. The highest BCUT2D eigenvalue weighted by Crippen LogP contribution is 2.20. The lowest BCUT2D eigenvalue weighted by Crippen LogP contribution is -2.42. The van der Waals surface area contributed by atoms with Crippen molar-refractivity contribution in [1.82, 2.24) is 4.90 Å². The first kappa shape index (κ1) is 11.8. The molecule has 0 saturated carbocycles. The summed E-state index contributed by atoms with van der Waals surface area (Å²) >= 11 is 6.03. The lowest BCUT2D eigenvalue weighted by atomic mass is 10.1. The van der Waals surface area contributed by atoms with E-state index >= 15 is 0 Å². The number of halogens is 2. The van der Waals surface area contributed by atoms with Crippen LogP contribution in [0, 0.1) is 5.82 Å². The van der Waals surface area contributed by atoms with Gasteiger partial charge in [-0.05, 0) is 43.1 Å². The van der Waals surface area contributed by atoms with Gasteiger partial charge in [0, 0.05) is 24.2 Å². The van der Waals surface area contributed by atoms with Crippen molar-refractivity contribution in [2.45, 2.75) is 25.4 Å². The second-order valence-electron chi connectivity index (χ2n) is 4.37. The normalized spacial score (nSPS) is 22.3. The fourth-order valence-electron chi connectivity index (χ4n) is 2.14. The minimum absolute atomic E-state index is 0.235.